The molecule has 0 unspecified atom stereocenters. The van der Waals surface area contributed by atoms with Crippen LogP contribution >= 0.6 is 0 Å². The van der Waals surface area contributed by atoms with E-state index in [2.05, 4.69) is 6.92 Å². The highest BCUT2D eigenvalue weighted by Gasteiger charge is 1.94. The zero-order valence-corrected chi connectivity index (χ0v) is 15.8. The van der Waals surface area contributed by atoms with Crippen molar-refractivity contribution in [2.24, 2.45) is 5.73 Å². The lowest BCUT2D eigenvalue weighted by Crippen LogP contribution is -1.97. The number of aliphatic hydroxyl groups is 1. The molecule has 0 aliphatic carbocycles. The highest BCUT2D eigenvalue weighted by Crippen LogP contribution is 2.13. The van der Waals surface area contributed by atoms with Gasteiger partial charge in [-0.3, -0.25) is 0 Å². The molecule has 0 spiro atoms. The summed E-state index contributed by atoms with van der Waals surface area (Å²) in [6.45, 7) is 5.09. The molecule has 0 aromatic heterocycles. The van der Waals surface area contributed by atoms with Crippen molar-refractivity contribution < 1.29 is 5.11 Å². The SMILES string of the molecule is CCCCCCCCCCCCCCCCCCN.CCO. The first-order valence-corrected chi connectivity index (χ1v) is 10.1. The number of hydrogen-bond donors (Lipinski definition) is 2. The van der Waals surface area contributed by atoms with E-state index in [1.54, 1.807) is 6.92 Å². The second kappa shape index (κ2) is 25.9. The molecule has 0 aromatic rings. The van der Waals surface area contributed by atoms with E-state index in [4.69, 9.17) is 10.8 Å². The van der Waals surface area contributed by atoms with Gasteiger partial charge in [0, 0.05) is 6.61 Å². The molecule has 0 atom stereocenters. The Hall–Kier alpha value is -0.0800. The van der Waals surface area contributed by atoms with Crippen LogP contribution in [0.2, 0.25) is 0 Å². The van der Waals surface area contributed by atoms with Gasteiger partial charge in [-0.2, -0.15) is 0 Å². The molecule has 0 rings (SSSR count). The lowest BCUT2D eigenvalue weighted by Gasteiger charge is -2.03. The summed E-state index contributed by atoms with van der Waals surface area (Å²) in [5, 5.41) is 7.57. The van der Waals surface area contributed by atoms with Gasteiger partial charge in [0.2, 0.25) is 0 Å². The first-order chi connectivity index (χ1) is 10.8. The van der Waals surface area contributed by atoms with Gasteiger partial charge in [-0.05, 0) is 19.9 Å². The van der Waals surface area contributed by atoms with Gasteiger partial charge in [0.25, 0.3) is 0 Å². The first kappa shape index (κ1) is 24.2. The van der Waals surface area contributed by atoms with Crippen molar-refractivity contribution in [1.82, 2.24) is 0 Å². The zero-order valence-electron chi connectivity index (χ0n) is 15.8. The van der Waals surface area contributed by atoms with Gasteiger partial charge in [-0.15, -0.1) is 0 Å². The van der Waals surface area contributed by atoms with Crippen LogP contribution in [-0.2, 0) is 0 Å². The Bertz CT molecular complexity index is 146. The summed E-state index contributed by atoms with van der Waals surface area (Å²) in [5.74, 6) is 0. The maximum Gasteiger partial charge on any atom is 0.0402 e. The van der Waals surface area contributed by atoms with E-state index in [0.717, 1.165) is 6.54 Å². The van der Waals surface area contributed by atoms with Gasteiger partial charge in [0.05, 0.1) is 0 Å². The molecule has 0 aliphatic rings. The van der Waals surface area contributed by atoms with Crippen LogP contribution in [0.25, 0.3) is 0 Å². The summed E-state index contributed by atoms with van der Waals surface area (Å²) < 4.78 is 0. The summed E-state index contributed by atoms with van der Waals surface area (Å²) in [5.41, 5.74) is 5.48. The second-order valence-corrected chi connectivity index (χ2v) is 6.41. The lowest BCUT2D eigenvalue weighted by molar-refractivity contribution is 0.318. The number of hydrogen-bond acceptors (Lipinski definition) is 2. The van der Waals surface area contributed by atoms with Crippen LogP contribution in [0, 0.1) is 0 Å². The van der Waals surface area contributed by atoms with Crippen molar-refractivity contribution in [3.63, 3.8) is 0 Å². The third-order valence-corrected chi connectivity index (χ3v) is 4.06. The monoisotopic (exact) mass is 315 g/mol. The smallest absolute Gasteiger partial charge is 0.0402 e. The zero-order chi connectivity index (χ0) is 16.7. The Labute approximate surface area is 141 Å². The third kappa shape index (κ3) is 28.1. The molecule has 0 aromatic carbocycles. The highest BCUT2D eigenvalue weighted by molar-refractivity contribution is 4.49. The molecule has 0 heterocycles. The third-order valence-electron chi connectivity index (χ3n) is 4.06. The van der Waals surface area contributed by atoms with E-state index in [0.29, 0.717) is 0 Å². The predicted octanol–water partition coefficient (Wildman–Crippen LogP) is 6.21. The quantitative estimate of drug-likeness (QED) is 0.333. The summed E-state index contributed by atoms with van der Waals surface area (Å²) in [6.07, 6.45) is 22.9. The van der Waals surface area contributed by atoms with E-state index in [9.17, 15) is 0 Å². The molecule has 0 saturated heterocycles. The fraction of sp³-hybridized carbons (Fsp3) is 1.00. The maximum absolute atomic E-state index is 7.57. The maximum atomic E-state index is 7.57. The van der Waals surface area contributed by atoms with Gasteiger partial charge in [-0.1, -0.05) is 103 Å². The summed E-state index contributed by atoms with van der Waals surface area (Å²) in [4.78, 5) is 0. The van der Waals surface area contributed by atoms with Crippen LogP contribution in [0.4, 0.5) is 0 Å². The normalized spacial score (nSPS) is 10.4. The van der Waals surface area contributed by atoms with Crippen molar-refractivity contribution in [2.75, 3.05) is 13.2 Å². The van der Waals surface area contributed by atoms with Crippen LogP contribution in [-0.4, -0.2) is 18.3 Å². The minimum atomic E-state index is 0.250. The minimum absolute atomic E-state index is 0.250. The van der Waals surface area contributed by atoms with Crippen LogP contribution in [0.5, 0.6) is 0 Å². The van der Waals surface area contributed by atoms with Gasteiger partial charge < -0.3 is 10.8 Å². The molecular formula is C20H45NO. The predicted molar refractivity (Wildman–Crippen MR) is 101 cm³/mol. The van der Waals surface area contributed by atoms with Gasteiger partial charge >= 0.3 is 0 Å². The van der Waals surface area contributed by atoms with Crippen molar-refractivity contribution >= 4 is 0 Å². The van der Waals surface area contributed by atoms with E-state index in [-0.39, 0.29) is 6.61 Å². The molecule has 136 valence electrons. The number of nitrogens with two attached hydrogens (primary N) is 1. The van der Waals surface area contributed by atoms with Crippen LogP contribution in [0.3, 0.4) is 0 Å². The highest BCUT2D eigenvalue weighted by atomic mass is 16.2. The summed E-state index contributed by atoms with van der Waals surface area (Å²) >= 11 is 0. The van der Waals surface area contributed by atoms with Gasteiger partial charge in [0.15, 0.2) is 0 Å². The fourth-order valence-electron chi connectivity index (χ4n) is 2.69. The number of aliphatic hydroxyl groups excluding tert-OH is 1. The Morgan fingerprint density at radius 1 is 0.500 bits per heavy atom. The van der Waals surface area contributed by atoms with E-state index >= 15 is 0 Å². The molecule has 0 aliphatic heterocycles. The van der Waals surface area contributed by atoms with Crippen molar-refractivity contribution in [3.8, 4) is 0 Å². The topological polar surface area (TPSA) is 46.2 Å². The fourth-order valence-corrected chi connectivity index (χ4v) is 2.69. The molecule has 0 bridgehead atoms. The molecule has 3 N–H and O–H groups in total. The van der Waals surface area contributed by atoms with Crippen LogP contribution in [0.15, 0.2) is 0 Å². The standard InChI is InChI=1S/C18H39N.C2H6O/c1-2-3-4-5-6-7-8-9-10-11-12-13-14-15-16-17-18-19;1-2-3/h2-19H2,1H3;3H,2H2,1H3. The van der Waals surface area contributed by atoms with E-state index in [1.165, 1.54) is 103 Å². The summed E-state index contributed by atoms with van der Waals surface area (Å²) in [6, 6.07) is 0. The van der Waals surface area contributed by atoms with Gasteiger partial charge in [-0.25, -0.2) is 0 Å². The molecule has 0 fully saturated rings. The Morgan fingerprint density at radius 3 is 0.955 bits per heavy atom. The van der Waals surface area contributed by atoms with E-state index < -0.39 is 0 Å². The van der Waals surface area contributed by atoms with Crippen LogP contribution in [0.1, 0.15) is 117 Å². The van der Waals surface area contributed by atoms with Crippen LogP contribution < -0.4 is 5.73 Å². The molecule has 22 heavy (non-hydrogen) atoms. The number of rotatable bonds is 16. The lowest BCUT2D eigenvalue weighted by atomic mass is 10.0. The van der Waals surface area contributed by atoms with Gasteiger partial charge in [0.1, 0.15) is 0 Å². The second-order valence-electron chi connectivity index (χ2n) is 6.41. The Kier molecular flexibility index (Phi) is 28.4. The Balaban J connectivity index is 0. The average molecular weight is 316 g/mol. The average Bonchev–Trinajstić information content (AvgIpc) is 2.52. The molecule has 2 heteroatoms. The summed E-state index contributed by atoms with van der Waals surface area (Å²) in [7, 11) is 0. The molecule has 0 amide bonds. The van der Waals surface area contributed by atoms with Crippen molar-refractivity contribution in [3.05, 3.63) is 0 Å². The first-order valence-electron chi connectivity index (χ1n) is 10.1. The van der Waals surface area contributed by atoms with E-state index in [1.807, 2.05) is 0 Å². The molecule has 0 saturated carbocycles. The van der Waals surface area contributed by atoms with Crippen molar-refractivity contribution in [1.29, 1.82) is 0 Å². The minimum Gasteiger partial charge on any atom is -0.397 e. The number of unbranched alkanes of at least 4 members (excludes halogenated alkanes) is 15. The Morgan fingerprint density at radius 2 is 0.727 bits per heavy atom. The molecular weight excluding hydrogens is 270 g/mol. The largest absolute Gasteiger partial charge is 0.397 e. The molecule has 0 radical (unpaired) electrons. The van der Waals surface area contributed by atoms with Crippen molar-refractivity contribution in [2.45, 2.75) is 117 Å². The molecule has 2 nitrogen and oxygen atoms in total.